The molecule has 1 saturated carbocycles. The molecule has 6 nitrogen and oxygen atoms in total. The van der Waals surface area contributed by atoms with Gasteiger partial charge in [-0.15, -0.1) is 0 Å². The third kappa shape index (κ3) is 2.84. The zero-order valence-electron chi connectivity index (χ0n) is 11.5. The Morgan fingerprint density at radius 2 is 2.21 bits per heavy atom. The lowest BCUT2D eigenvalue weighted by molar-refractivity contribution is 0.543. The monoisotopic (exact) mass is 260 g/mol. The fourth-order valence-corrected chi connectivity index (χ4v) is 2.23. The van der Waals surface area contributed by atoms with E-state index < -0.39 is 0 Å². The van der Waals surface area contributed by atoms with Gasteiger partial charge in [-0.2, -0.15) is 10.2 Å². The van der Waals surface area contributed by atoms with E-state index in [0.29, 0.717) is 6.04 Å². The third-order valence-corrected chi connectivity index (χ3v) is 3.42. The second-order valence-corrected chi connectivity index (χ2v) is 5.08. The van der Waals surface area contributed by atoms with Crippen molar-refractivity contribution >= 4 is 0 Å². The number of aryl methyl sites for hydroxylation is 2. The summed E-state index contributed by atoms with van der Waals surface area (Å²) in [6, 6.07) is 2.80. The first-order valence-electron chi connectivity index (χ1n) is 6.89. The molecule has 0 saturated heterocycles. The van der Waals surface area contributed by atoms with Crippen molar-refractivity contribution in [3.63, 3.8) is 0 Å². The third-order valence-electron chi connectivity index (χ3n) is 3.42. The van der Waals surface area contributed by atoms with Crippen LogP contribution in [0.2, 0.25) is 0 Å². The summed E-state index contributed by atoms with van der Waals surface area (Å²) in [6.07, 6.45) is 4.20. The van der Waals surface area contributed by atoms with Gasteiger partial charge in [-0.1, -0.05) is 0 Å². The van der Waals surface area contributed by atoms with Crippen LogP contribution in [0, 0.1) is 6.92 Å². The van der Waals surface area contributed by atoms with E-state index >= 15 is 0 Å². The van der Waals surface area contributed by atoms with Gasteiger partial charge in [-0.05, 0) is 32.8 Å². The van der Waals surface area contributed by atoms with Crippen molar-refractivity contribution in [2.45, 2.75) is 52.4 Å². The lowest BCUT2D eigenvalue weighted by Gasteiger charge is -2.08. The number of aromatic nitrogens is 5. The largest absolute Gasteiger partial charge is 0.307 e. The molecule has 0 spiro atoms. The summed E-state index contributed by atoms with van der Waals surface area (Å²) in [7, 11) is 0. The zero-order chi connectivity index (χ0) is 13.2. The molecule has 1 aliphatic rings. The average Bonchev–Trinajstić information content (AvgIpc) is 3.02. The standard InChI is InChI=1S/C13H20N6/c1-3-18-12(6-10(2)17-18)8-19-13(15-9-16-19)7-14-11-4-5-11/h6,9,11,14H,3-5,7-8H2,1-2H3. The van der Waals surface area contributed by atoms with E-state index in [2.05, 4.69) is 33.5 Å². The molecule has 0 aromatic carbocycles. The van der Waals surface area contributed by atoms with E-state index in [9.17, 15) is 0 Å². The molecule has 2 aromatic rings. The Labute approximate surface area is 112 Å². The Bertz CT molecular complexity index is 551. The van der Waals surface area contributed by atoms with Gasteiger partial charge in [0.2, 0.25) is 0 Å². The van der Waals surface area contributed by atoms with Gasteiger partial charge in [0.15, 0.2) is 0 Å². The fourth-order valence-electron chi connectivity index (χ4n) is 2.23. The van der Waals surface area contributed by atoms with Gasteiger partial charge in [0.25, 0.3) is 0 Å². The van der Waals surface area contributed by atoms with E-state index in [1.165, 1.54) is 18.5 Å². The number of nitrogens with zero attached hydrogens (tertiary/aromatic N) is 5. The smallest absolute Gasteiger partial charge is 0.141 e. The summed E-state index contributed by atoms with van der Waals surface area (Å²) >= 11 is 0. The molecule has 0 amide bonds. The van der Waals surface area contributed by atoms with Gasteiger partial charge in [0.05, 0.1) is 24.5 Å². The minimum atomic E-state index is 0.688. The van der Waals surface area contributed by atoms with E-state index in [1.54, 1.807) is 6.33 Å². The van der Waals surface area contributed by atoms with Crippen LogP contribution in [-0.2, 0) is 19.6 Å². The maximum atomic E-state index is 4.46. The van der Waals surface area contributed by atoms with Crippen molar-refractivity contribution in [1.82, 2.24) is 29.9 Å². The topological polar surface area (TPSA) is 60.6 Å². The first-order valence-corrected chi connectivity index (χ1v) is 6.89. The Morgan fingerprint density at radius 3 is 2.95 bits per heavy atom. The predicted molar refractivity (Wildman–Crippen MR) is 71.6 cm³/mol. The Balaban J connectivity index is 1.72. The van der Waals surface area contributed by atoms with E-state index in [1.807, 2.05) is 16.3 Å². The molecule has 6 heteroatoms. The van der Waals surface area contributed by atoms with Crippen LogP contribution < -0.4 is 5.32 Å². The van der Waals surface area contributed by atoms with Crippen molar-refractivity contribution in [1.29, 1.82) is 0 Å². The van der Waals surface area contributed by atoms with Crippen LogP contribution in [0.4, 0.5) is 0 Å². The fraction of sp³-hybridized carbons (Fsp3) is 0.615. The summed E-state index contributed by atoms with van der Waals surface area (Å²) in [4.78, 5) is 4.33. The second kappa shape index (κ2) is 5.13. The lowest BCUT2D eigenvalue weighted by Crippen LogP contribution is -2.20. The highest BCUT2D eigenvalue weighted by Crippen LogP contribution is 2.19. The maximum absolute atomic E-state index is 4.46. The molecule has 0 aliphatic heterocycles. The van der Waals surface area contributed by atoms with Crippen LogP contribution >= 0.6 is 0 Å². The highest BCUT2D eigenvalue weighted by molar-refractivity contribution is 5.09. The SMILES string of the molecule is CCn1nc(C)cc1Cn1ncnc1CNC1CC1. The first kappa shape index (κ1) is 12.3. The average molecular weight is 260 g/mol. The summed E-state index contributed by atoms with van der Waals surface area (Å²) in [5.74, 6) is 0.994. The molecule has 0 unspecified atom stereocenters. The Kier molecular flexibility index (Phi) is 3.33. The molecule has 0 atom stereocenters. The molecule has 19 heavy (non-hydrogen) atoms. The highest BCUT2D eigenvalue weighted by atomic mass is 15.4. The van der Waals surface area contributed by atoms with Gasteiger partial charge >= 0.3 is 0 Å². The second-order valence-electron chi connectivity index (χ2n) is 5.08. The van der Waals surface area contributed by atoms with E-state index in [-0.39, 0.29) is 0 Å². The molecule has 2 heterocycles. The summed E-state index contributed by atoms with van der Waals surface area (Å²) < 4.78 is 3.98. The van der Waals surface area contributed by atoms with Crippen LogP contribution in [-0.4, -0.2) is 30.6 Å². The molecule has 3 rings (SSSR count). The molecule has 0 bridgehead atoms. The molecule has 0 radical (unpaired) electrons. The molecular weight excluding hydrogens is 240 g/mol. The van der Waals surface area contributed by atoms with Crippen molar-refractivity contribution < 1.29 is 0 Å². The summed E-state index contributed by atoms with van der Waals surface area (Å²) in [5, 5.41) is 12.3. The number of nitrogens with one attached hydrogen (secondary N) is 1. The van der Waals surface area contributed by atoms with Crippen LogP contribution in [0.5, 0.6) is 0 Å². The summed E-state index contributed by atoms with van der Waals surface area (Å²) in [6.45, 7) is 6.53. The summed E-state index contributed by atoms with van der Waals surface area (Å²) in [5.41, 5.74) is 2.23. The number of rotatable bonds is 6. The minimum Gasteiger partial charge on any atom is -0.307 e. The van der Waals surface area contributed by atoms with Crippen LogP contribution in [0.1, 0.15) is 37.0 Å². The molecule has 1 aliphatic carbocycles. The highest BCUT2D eigenvalue weighted by Gasteiger charge is 2.21. The van der Waals surface area contributed by atoms with Gasteiger partial charge < -0.3 is 5.32 Å². The first-order chi connectivity index (χ1) is 9.26. The zero-order valence-corrected chi connectivity index (χ0v) is 11.5. The minimum absolute atomic E-state index is 0.688. The predicted octanol–water partition coefficient (Wildman–Crippen LogP) is 1.10. The lowest BCUT2D eigenvalue weighted by atomic mass is 10.3. The molecular formula is C13H20N6. The maximum Gasteiger partial charge on any atom is 0.141 e. The van der Waals surface area contributed by atoms with E-state index in [0.717, 1.165) is 31.2 Å². The van der Waals surface area contributed by atoms with Gasteiger partial charge in [-0.25, -0.2) is 9.67 Å². The Hall–Kier alpha value is -1.69. The van der Waals surface area contributed by atoms with Crippen molar-refractivity contribution in [2.24, 2.45) is 0 Å². The van der Waals surface area contributed by atoms with Crippen molar-refractivity contribution in [2.75, 3.05) is 0 Å². The normalized spacial score (nSPS) is 15.1. The van der Waals surface area contributed by atoms with E-state index in [4.69, 9.17) is 0 Å². The molecule has 1 N–H and O–H groups in total. The van der Waals surface area contributed by atoms with Gasteiger partial charge in [0.1, 0.15) is 12.2 Å². The quantitative estimate of drug-likeness (QED) is 0.845. The Morgan fingerprint density at radius 1 is 1.37 bits per heavy atom. The van der Waals surface area contributed by atoms with Crippen LogP contribution in [0.15, 0.2) is 12.4 Å². The van der Waals surface area contributed by atoms with Gasteiger partial charge in [-0.3, -0.25) is 4.68 Å². The number of hydrogen-bond acceptors (Lipinski definition) is 4. The van der Waals surface area contributed by atoms with Crippen LogP contribution in [0.3, 0.4) is 0 Å². The number of hydrogen-bond donors (Lipinski definition) is 1. The van der Waals surface area contributed by atoms with Crippen LogP contribution in [0.25, 0.3) is 0 Å². The molecule has 2 aromatic heterocycles. The molecule has 102 valence electrons. The van der Waals surface area contributed by atoms with Gasteiger partial charge in [0, 0.05) is 12.6 Å². The van der Waals surface area contributed by atoms with Crippen molar-refractivity contribution in [3.05, 3.63) is 29.6 Å². The molecule has 1 fully saturated rings. The van der Waals surface area contributed by atoms with Crippen molar-refractivity contribution in [3.8, 4) is 0 Å².